The standard InChI is InChI=1S/C18H29F3N4O.HI/c1-14(2)13-23-17(22-7-6-16-5-4-12-26-16)25-10-8-24(9-11-25)15(3)18(19,20)21;/h4-5,12,14-15H,6-11,13H2,1-3H3,(H,22,23);1H. The first-order valence-electron chi connectivity index (χ1n) is 9.13. The van der Waals surface area contributed by atoms with Gasteiger partial charge >= 0.3 is 6.18 Å². The molecule has 1 saturated heterocycles. The lowest BCUT2D eigenvalue weighted by atomic mass is 10.2. The molecular weight excluding hydrogens is 472 g/mol. The lowest BCUT2D eigenvalue weighted by Crippen LogP contribution is -2.57. The molecule has 0 bridgehead atoms. The summed E-state index contributed by atoms with van der Waals surface area (Å²) in [6, 6.07) is 2.36. The number of nitrogens with zero attached hydrogens (tertiary/aromatic N) is 3. The zero-order chi connectivity index (χ0) is 19.2. The van der Waals surface area contributed by atoms with E-state index in [0.717, 1.165) is 18.1 Å². The molecule has 0 amide bonds. The van der Waals surface area contributed by atoms with Crippen LogP contribution in [0.2, 0.25) is 0 Å². The van der Waals surface area contributed by atoms with Crippen molar-refractivity contribution in [2.45, 2.75) is 39.4 Å². The molecule has 1 N–H and O–H groups in total. The molecule has 1 aliphatic heterocycles. The molecule has 1 atom stereocenters. The van der Waals surface area contributed by atoms with Crippen molar-refractivity contribution in [3.05, 3.63) is 24.2 Å². The van der Waals surface area contributed by atoms with Gasteiger partial charge in [0.25, 0.3) is 0 Å². The van der Waals surface area contributed by atoms with E-state index < -0.39 is 12.2 Å². The van der Waals surface area contributed by atoms with Gasteiger partial charge < -0.3 is 14.6 Å². The summed E-state index contributed by atoms with van der Waals surface area (Å²) in [7, 11) is 0. The first-order chi connectivity index (χ1) is 12.3. The van der Waals surface area contributed by atoms with Crippen molar-refractivity contribution in [2.75, 3.05) is 39.3 Å². The minimum atomic E-state index is -4.18. The zero-order valence-corrected chi connectivity index (χ0v) is 18.5. The van der Waals surface area contributed by atoms with Gasteiger partial charge in [0, 0.05) is 45.7 Å². The molecule has 5 nitrogen and oxygen atoms in total. The Labute approximate surface area is 176 Å². The van der Waals surface area contributed by atoms with Crippen LogP contribution >= 0.6 is 24.0 Å². The maximum atomic E-state index is 12.9. The van der Waals surface area contributed by atoms with E-state index in [9.17, 15) is 13.2 Å². The van der Waals surface area contributed by atoms with Crippen LogP contribution in [0.1, 0.15) is 26.5 Å². The van der Waals surface area contributed by atoms with Crippen molar-refractivity contribution >= 4 is 29.9 Å². The van der Waals surface area contributed by atoms with Crippen LogP contribution in [0.4, 0.5) is 13.2 Å². The molecule has 1 aliphatic rings. The van der Waals surface area contributed by atoms with Gasteiger partial charge in [-0.25, -0.2) is 0 Å². The molecule has 1 unspecified atom stereocenters. The van der Waals surface area contributed by atoms with E-state index in [4.69, 9.17) is 4.42 Å². The van der Waals surface area contributed by atoms with Gasteiger partial charge in [-0.05, 0) is 25.0 Å². The molecule has 0 aromatic carbocycles. The molecule has 0 saturated carbocycles. The number of hydrogen-bond donors (Lipinski definition) is 1. The summed E-state index contributed by atoms with van der Waals surface area (Å²) in [6.45, 7) is 8.58. The molecule has 0 radical (unpaired) electrons. The normalized spacial score (nSPS) is 17.7. The topological polar surface area (TPSA) is 44.0 Å². The summed E-state index contributed by atoms with van der Waals surface area (Å²) in [4.78, 5) is 8.18. The fourth-order valence-corrected chi connectivity index (χ4v) is 2.82. The summed E-state index contributed by atoms with van der Waals surface area (Å²) in [5.41, 5.74) is 0. The van der Waals surface area contributed by atoms with Gasteiger partial charge in [0.1, 0.15) is 11.8 Å². The number of halogens is 4. The third-order valence-electron chi connectivity index (χ3n) is 4.48. The number of furan rings is 1. The quantitative estimate of drug-likeness (QED) is 0.367. The second kappa shape index (κ2) is 11.1. The number of nitrogens with one attached hydrogen (secondary N) is 1. The Balaban J connectivity index is 0.00000364. The second-order valence-corrected chi connectivity index (χ2v) is 7.05. The number of rotatable bonds is 6. The van der Waals surface area contributed by atoms with Crippen molar-refractivity contribution in [2.24, 2.45) is 10.9 Å². The first-order valence-corrected chi connectivity index (χ1v) is 9.13. The average molecular weight is 502 g/mol. The average Bonchev–Trinajstić information content (AvgIpc) is 3.10. The maximum absolute atomic E-state index is 12.9. The van der Waals surface area contributed by atoms with Crippen molar-refractivity contribution in [3.8, 4) is 0 Å². The van der Waals surface area contributed by atoms with Crippen LogP contribution in [0.5, 0.6) is 0 Å². The van der Waals surface area contributed by atoms with E-state index in [1.807, 2.05) is 17.0 Å². The summed E-state index contributed by atoms with van der Waals surface area (Å²) in [5.74, 6) is 2.08. The van der Waals surface area contributed by atoms with Crippen molar-refractivity contribution in [1.82, 2.24) is 15.1 Å². The molecule has 0 spiro atoms. The zero-order valence-electron chi connectivity index (χ0n) is 16.1. The minimum Gasteiger partial charge on any atom is -0.469 e. The molecule has 27 heavy (non-hydrogen) atoms. The summed E-state index contributed by atoms with van der Waals surface area (Å²) < 4.78 is 44.0. The van der Waals surface area contributed by atoms with E-state index in [1.54, 1.807) is 6.26 Å². The highest BCUT2D eigenvalue weighted by atomic mass is 127. The monoisotopic (exact) mass is 502 g/mol. The number of aliphatic imine (C=N–C) groups is 1. The Morgan fingerprint density at radius 3 is 2.41 bits per heavy atom. The maximum Gasteiger partial charge on any atom is 0.403 e. The summed E-state index contributed by atoms with van der Waals surface area (Å²) >= 11 is 0. The minimum absolute atomic E-state index is 0. The van der Waals surface area contributed by atoms with E-state index in [0.29, 0.717) is 45.2 Å². The predicted molar refractivity (Wildman–Crippen MR) is 112 cm³/mol. The third-order valence-corrected chi connectivity index (χ3v) is 4.48. The van der Waals surface area contributed by atoms with Gasteiger partial charge in [0.15, 0.2) is 5.96 Å². The molecule has 2 heterocycles. The summed E-state index contributed by atoms with van der Waals surface area (Å²) in [6.07, 6.45) is -1.80. The van der Waals surface area contributed by atoms with Gasteiger partial charge in [0.05, 0.1) is 6.26 Å². The number of alkyl halides is 3. The predicted octanol–water partition coefficient (Wildman–Crippen LogP) is 3.61. The van der Waals surface area contributed by atoms with E-state index >= 15 is 0 Å². The van der Waals surface area contributed by atoms with Crippen molar-refractivity contribution in [3.63, 3.8) is 0 Å². The molecule has 156 valence electrons. The van der Waals surface area contributed by atoms with Crippen LogP contribution < -0.4 is 5.32 Å². The highest BCUT2D eigenvalue weighted by Gasteiger charge is 2.41. The van der Waals surface area contributed by atoms with Crippen LogP contribution in [-0.2, 0) is 6.42 Å². The first kappa shape index (κ1) is 24.1. The van der Waals surface area contributed by atoms with Gasteiger partial charge in [-0.1, -0.05) is 13.8 Å². The largest absolute Gasteiger partial charge is 0.469 e. The van der Waals surface area contributed by atoms with E-state index in [-0.39, 0.29) is 24.0 Å². The van der Waals surface area contributed by atoms with Crippen molar-refractivity contribution in [1.29, 1.82) is 0 Å². The van der Waals surface area contributed by atoms with Crippen LogP contribution in [0.25, 0.3) is 0 Å². The van der Waals surface area contributed by atoms with Crippen LogP contribution in [0.3, 0.4) is 0 Å². The Hall–Kier alpha value is -0.970. The molecule has 1 aromatic heterocycles. The van der Waals surface area contributed by atoms with Crippen LogP contribution in [-0.4, -0.2) is 67.2 Å². The second-order valence-electron chi connectivity index (χ2n) is 7.05. The highest BCUT2D eigenvalue weighted by Crippen LogP contribution is 2.25. The van der Waals surface area contributed by atoms with Gasteiger partial charge in [-0.15, -0.1) is 24.0 Å². The Kier molecular flexibility index (Phi) is 9.92. The lowest BCUT2D eigenvalue weighted by Gasteiger charge is -2.39. The molecule has 2 rings (SSSR count). The fraction of sp³-hybridized carbons (Fsp3) is 0.722. The van der Waals surface area contributed by atoms with Crippen LogP contribution in [0.15, 0.2) is 27.8 Å². The van der Waals surface area contributed by atoms with Crippen LogP contribution in [0, 0.1) is 5.92 Å². The fourth-order valence-electron chi connectivity index (χ4n) is 2.82. The molecular formula is C18H30F3IN4O. The Morgan fingerprint density at radius 2 is 1.89 bits per heavy atom. The molecule has 1 fully saturated rings. The number of guanidine groups is 1. The van der Waals surface area contributed by atoms with Gasteiger partial charge in [-0.3, -0.25) is 9.89 Å². The highest BCUT2D eigenvalue weighted by molar-refractivity contribution is 14.0. The summed E-state index contributed by atoms with van der Waals surface area (Å²) in [5, 5.41) is 3.33. The van der Waals surface area contributed by atoms with E-state index in [1.165, 1.54) is 11.8 Å². The Bertz CT molecular complexity index is 555. The SMILES string of the molecule is CC(C)CN=C(NCCc1ccco1)N1CCN(C(C)C(F)(F)F)CC1.I. The molecule has 0 aliphatic carbocycles. The molecule has 9 heteroatoms. The number of hydrogen-bond acceptors (Lipinski definition) is 3. The van der Waals surface area contributed by atoms with Gasteiger partial charge in [-0.2, -0.15) is 13.2 Å². The Morgan fingerprint density at radius 1 is 1.22 bits per heavy atom. The lowest BCUT2D eigenvalue weighted by molar-refractivity contribution is -0.181. The molecule has 1 aromatic rings. The van der Waals surface area contributed by atoms with Gasteiger partial charge in [0.2, 0.25) is 0 Å². The number of piperazine rings is 1. The van der Waals surface area contributed by atoms with E-state index in [2.05, 4.69) is 24.2 Å². The van der Waals surface area contributed by atoms with Crippen molar-refractivity contribution < 1.29 is 17.6 Å². The smallest absolute Gasteiger partial charge is 0.403 e. The third kappa shape index (κ3) is 7.89.